The van der Waals surface area contributed by atoms with Gasteiger partial charge in [-0.1, -0.05) is 20.0 Å². The molecule has 0 unspecified atom stereocenters. The van der Waals surface area contributed by atoms with E-state index in [1.54, 1.807) is 38.3 Å². The second kappa shape index (κ2) is 6.31. The Labute approximate surface area is 85.8 Å². The van der Waals surface area contributed by atoms with Crippen molar-refractivity contribution in [3.8, 4) is 0 Å². The molecule has 0 radical (unpaired) electrons. The van der Waals surface area contributed by atoms with Gasteiger partial charge in [-0.05, 0) is 6.42 Å². The summed E-state index contributed by atoms with van der Waals surface area (Å²) in [5.41, 5.74) is 0. The Hall–Kier alpha value is 0.837. The molecule has 0 bridgehead atoms. The second-order valence-corrected chi connectivity index (χ2v) is 9.67. The van der Waals surface area contributed by atoms with Gasteiger partial charge in [0, 0.05) is 24.1 Å². The third-order valence-electron chi connectivity index (χ3n) is 1.82. The molecule has 0 amide bonds. The first-order valence-corrected chi connectivity index (χ1v) is 8.43. The van der Waals surface area contributed by atoms with Crippen molar-refractivity contribution in [3.63, 3.8) is 0 Å². The van der Waals surface area contributed by atoms with Gasteiger partial charge in [0.25, 0.3) is 0 Å². The third kappa shape index (κ3) is 3.30. The van der Waals surface area contributed by atoms with Gasteiger partial charge in [-0.3, -0.25) is 0 Å². The van der Waals surface area contributed by atoms with Gasteiger partial charge in [0.2, 0.25) is 0 Å². The van der Waals surface area contributed by atoms with Crippen LogP contribution in [0.2, 0.25) is 13.1 Å². The molecule has 0 aliphatic rings. The molecular weight excluding hydrogens is 208 g/mol. The summed E-state index contributed by atoms with van der Waals surface area (Å²) < 4.78 is 10.5. The number of rotatable bonds is 6. The number of hydrogen-bond acceptors (Lipinski definition) is 4. The molecule has 0 aromatic heterocycles. The Morgan fingerprint density at radius 3 is 1.75 bits per heavy atom. The van der Waals surface area contributed by atoms with Gasteiger partial charge in [0.05, 0.1) is 26.7 Å². The Bertz CT molecular complexity index is 116. The first kappa shape index (κ1) is 12.8. The summed E-state index contributed by atoms with van der Waals surface area (Å²) in [7, 11) is 2.67. The third-order valence-corrected chi connectivity index (χ3v) is 9.28. The maximum absolute atomic E-state index is 5.16. The zero-order chi connectivity index (χ0) is 9.61. The largest absolute Gasteiger partial charge is 0.317 e. The highest BCUT2D eigenvalue weighted by Gasteiger charge is 2.36. The Balaban J connectivity index is 4.28. The van der Waals surface area contributed by atoms with Gasteiger partial charge in [-0.15, -0.1) is 0 Å². The highest BCUT2D eigenvalue weighted by molar-refractivity contribution is 8.16. The summed E-state index contributed by atoms with van der Waals surface area (Å²) in [6.07, 6.45) is 1.09. The molecule has 0 rings (SSSR count). The van der Waals surface area contributed by atoms with E-state index in [2.05, 4.69) is 20.0 Å². The first-order valence-electron chi connectivity index (χ1n) is 4.06. The monoisotopic (exact) mass is 226 g/mol. The molecule has 0 saturated carbocycles. The Kier molecular flexibility index (Phi) is 6.76. The summed E-state index contributed by atoms with van der Waals surface area (Å²) in [5.74, 6) is 0. The highest BCUT2D eigenvalue weighted by Crippen LogP contribution is 2.42. The van der Waals surface area contributed by atoms with Crippen LogP contribution in [0, 0.1) is 0 Å². The first-order chi connectivity index (χ1) is 5.63. The topological polar surface area (TPSA) is 18.5 Å². The minimum Gasteiger partial charge on any atom is -0.317 e. The average molecular weight is 226 g/mol. The van der Waals surface area contributed by atoms with Crippen molar-refractivity contribution < 1.29 is 8.37 Å². The lowest BCUT2D eigenvalue weighted by Crippen LogP contribution is -2.35. The van der Waals surface area contributed by atoms with Crippen molar-refractivity contribution in [2.24, 2.45) is 0 Å². The molecule has 5 heteroatoms. The summed E-state index contributed by atoms with van der Waals surface area (Å²) in [6.45, 7) is 6.83. The smallest absolute Gasteiger partial charge is 0.0998 e. The molecule has 0 aliphatic heterocycles. The van der Waals surface area contributed by atoms with E-state index in [-0.39, 0.29) is 3.70 Å². The lowest BCUT2D eigenvalue weighted by atomic mass is 10.6. The van der Waals surface area contributed by atoms with Gasteiger partial charge < -0.3 is 8.37 Å². The SMILES string of the molecule is CCC(SOC)(SOC)[SiH](C)C. The van der Waals surface area contributed by atoms with Crippen molar-refractivity contribution in [2.45, 2.75) is 30.1 Å². The minimum absolute atomic E-state index is 0.170. The van der Waals surface area contributed by atoms with Gasteiger partial charge in [-0.25, -0.2) is 0 Å². The molecular formula is C7H18O2S2Si. The van der Waals surface area contributed by atoms with E-state index in [0.29, 0.717) is 0 Å². The fourth-order valence-corrected chi connectivity index (χ4v) is 5.27. The molecule has 0 atom stereocenters. The standard InChI is InChI=1S/C7H18O2S2Si/c1-6-7(10-8-2,11-9-3)12(4)5/h12H,6H2,1-5H3. The lowest BCUT2D eigenvalue weighted by molar-refractivity contribution is 0.471. The van der Waals surface area contributed by atoms with Crippen LogP contribution in [0.1, 0.15) is 13.3 Å². The zero-order valence-electron chi connectivity index (χ0n) is 8.42. The summed E-state index contributed by atoms with van der Waals surface area (Å²) in [6, 6.07) is 0. The van der Waals surface area contributed by atoms with E-state index in [1.165, 1.54) is 0 Å². The van der Waals surface area contributed by atoms with E-state index in [4.69, 9.17) is 8.37 Å². The van der Waals surface area contributed by atoms with E-state index < -0.39 is 8.80 Å². The van der Waals surface area contributed by atoms with E-state index >= 15 is 0 Å². The zero-order valence-corrected chi connectivity index (χ0v) is 11.2. The fourth-order valence-electron chi connectivity index (χ4n) is 1.01. The summed E-state index contributed by atoms with van der Waals surface area (Å²) in [5, 5.41) is 0. The van der Waals surface area contributed by atoms with Gasteiger partial charge in [0.1, 0.15) is 0 Å². The van der Waals surface area contributed by atoms with Crippen LogP contribution < -0.4 is 0 Å². The minimum atomic E-state index is -0.781. The molecule has 2 nitrogen and oxygen atoms in total. The van der Waals surface area contributed by atoms with Gasteiger partial charge >= 0.3 is 0 Å². The molecule has 0 aromatic carbocycles. The molecule has 74 valence electrons. The quantitative estimate of drug-likeness (QED) is 0.394. The van der Waals surface area contributed by atoms with Gasteiger partial charge in [-0.2, -0.15) is 0 Å². The van der Waals surface area contributed by atoms with Crippen LogP contribution in [0.3, 0.4) is 0 Å². The van der Waals surface area contributed by atoms with Crippen molar-refractivity contribution in [1.82, 2.24) is 0 Å². The summed E-state index contributed by atoms with van der Waals surface area (Å²) >= 11 is 3.11. The predicted molar refractivity (Wildman–Crippen MR) is 61.1 cm³/mol. The molecule has 0 aliphatic carbocycles. The maximum atomic E-state index is 5.16. The van der Waals surface area contributed by atoms with Crippen LogP contribution in [0.4, 0.5) is 0 Å². The molecule has 0 saturated heterocycles. The van der Waals surface area contributed by atoms with Crippen LogP contribution in [0.25, 0.3) is 0 Å². The van der Waals surface area contributed by atoms with Gasteiger partial charge in [0.15, 0.2) is 0 Å². The van der Waals surface area contributed by atoms with Crippen LogP contribution >= 0.6 is 24.1 Å². The van der Waals surface area contributed by atoms with E-state index in [9.17, 15) is 0 Å². The van der Waals surface area contributed by atoms with Crippen LogP contribution in [0.5, 0.6) is 0 Å². The van der Waals surface area contributed by atoms with E-state index in [0.717, 1.165) is 6.42 Å². The predicted octanol–water partition coefficient (Wildman–Crippen LogP) is 2.71. The Morgan fingerprint density at radius 1 is 1.17 bits per heavy atom. The Morgan fingerprint density at radius 2 is 1.58 bits per heavy atom. The maximum Gasteiger partial charge on any atom is 0.0998 e. The lowest BCUT2D eigenvalue weighted by Gasteiger charge is -2.31. The fraction of sp³-hybridized carbons (Fsp3) is 1.00. The van der Waals surface area contributed by atoms with E-state index in [1.807, 2.05) is 0 Å². The van der Waals surface area contributed by atoms with Crippen LogP contribution in [-0.4, -0.2) is 26.7 Å². The molecule has 0 spiro atoms. The molecule has 0 heterocycles. The van der Waals surface area contributed by atoms with Crippen molar-refractivity contribution in [3.05, 3.63) is 0 Å². The van der Waals surface area contributed by atoms with Crippen LogP contribution in [0.15, 0.2) is 0 Å². The molecule has 0 aromatic rings. The van der Waals surface area contributed by atoms with Crippen molar-refractivity contribution in [2.75, 3.05) is 14.2 Å². The van der Waals surface area contributed by atoms with Crippen LogP contribution in [-0.2, 0) is 8.37 Å². The second-order valence-electron chi connectivity index (χ2n) is 2.82. The normalized spacial score (nSPS) is 12.5. The molecule has 0 N–H and O–H groups in total. The molecule has 0 fully saturated rings. The highest BCUT2D eigenvalue weighted by atomic mass is 32.2. The number of hydrogen-bond donors (Lipinski definition) is 0. The average Bonchev–Trinajstić information content (AvgIpc) is 2.03. The van der Waals surface area contributed by atoms with Crippen molar-refractivity contribution >= 4 is 32.9 Å². The molecule has 12 heavy (non-hydrogen) atoms. The summed E-state index contributed by atoms with van der Waals surface area (Å²) in [4.78, 5) is 0. The van der Waals surface area contributed by atoms with Crippen molar-refractivity contribution in [1.29, 1.82) is 0 Å².